The lowest BCUT2D eigenvalue weighted by Gasteiger charge is -2.42. The molecule has 0 aromatic rings. The summed E-state index contributed by atoms with van der Waals surface area (Å²) in [5, 5.41) is 0. The molecule has 0 aromatic carbocycles. The highest BCUT2D eigenvalue weighted by Crippen LogP contribution is 2.31. The number of ether oxygens (including phenoxy) is 2. The van der Waals surface area contributed by atoms with Crippen molar-refractivity contribution in [2.24, 2.45) is 0 Å². The second kappa shape index (κ2) is 9.27. The first-order valence-electron chi connectivity index (χ1n) is 6.58. The van der Waals surface area contributed by atoms with E-state index in [9.17, 15) is 33.7 Å². The van der Waals surface area contributed by atoms with E-state index in [2.05, 4.69) is 21.5 Å². The predicted octanol–water partition coefficient (Wildman–Crippen LogP) is -3.26. The van der Waals surface area contributed by atoms with Crippen molar-refractivity contribution in [2.75, 3.05) is 13.7 Å². The molecule has 29 heavy (non-hydrogen) atoms. The number of hydrogen-bond acceptors (Lipinski definition) is 14. The van der Waals surface area contributed by atoms with Gasteiger partial charge in [0.25, 0.3) is 0 Å². The van der Waals surface area contributed by atoms with Gasteiger partial charge in [-0.15, -0.1) is 0 Å². The number of hydrogen-bond donors (Lipinski definition) is 4. The highest BCUT2D eigenvalue weighted by atomic mass is 32.3. The third-order valence-electron chi connectivity index (χ3n) is 2.90. The van der Waals surface area contributed by atoms with Gasteiger partial charge in [0.05, 0.1) is 6.61 Å². The van der Waals surface area contributed by atoms with E-state index in [1.54, 1.807) is 0 Å². The Morgan fingerprint density at radius 3 is 1.48 bits per heavy atom. The summed E-state index contributed by atoms with van der Waals surface area (Å²) in [6, 6.07) is 0. The third kappa shape index (κ3) is 9.83. The summed E-state index contributed by atoms with van der Waals surface area (Å²) in [4.78, 5) is 0. The first-order chi connectivity index (χ1) is 12.8. The lowest BCUT2D eigenvalue weighted by molar-refractivity contribution is -0.279. The highest BCUT2D eigenvalue weighted by Gasteiger charge is 2.54. The molecule has 1 aliphatic rings. The van der Waals surface area contributed by atoms with Gasteiger partial charge in [-0.05, 0) is 0 Å². The minimum absolute atomic E-state index is 0.806. The molecule has 1 saturated heterocycles. The molecular formula is C7H14O18S4. The fourth-order valence-corrected chi connectivity index (χ4v) is 3.91. The van der Waals surface area contributed by atoms with Crippen LogP contribution in [0.4, 0.5) is 0 Å². The summed E-state index contributed by atoms with van der Waals surface area (Å²) in [6.45, 7) is -1.33. The average molecular weight is 514 g/mol. The van der Waals surface area contributed by atoms with Gasteiger partial charge in [-0.2, -0.15) is 33.7 Å². The summed E-state index contributed by atoms with van der Waals surface area (Å²) >= 11 is 0. The molecule has 1 aliphatic heterocycles. The second-order valence-electron chi connectivity index (χ2n) is 4.96. The molecule has 1 fully saturated rings. The van der Waals surface area contributed by atoms with Crippen molar-refractivity contribution in [1.82, 2.24) is 0 Å². The molecule has 0 aliphatic carbocycles. The standard InChI is InChI=1S/C7H14O18S4/c1-20-7-6(25-29(17,18)19)5(24-28(14,15)16)4(23-27(11,12)13)3(22-7)2-21-26(8,9)10/h3-7H,2H2,1H3,(H,8,9,10)(H,11,12,13)(H,14,15,16)(H,17,18,19)/t3-,4+,5+,6-,7+/m1/s1. The van der Waals surface area contributed by atoms with Gasteiger partial charge in [-0.25, -0.2) is 16.7 Å². The van der Waals surface area contributed by atoms with Crippen LogP contribution >= 0.6 is 0 Å². The summed E-state index contributed by atoms with van der Waals surface area (Å²) in [6.07, 6.45) is -11.6. The summed E-state index contributed by atoms with van der Waals surface area (Å²) in [7, 11) is -20.8. The van der Waals surface area contributed by atoms with Crippen LogP contribution < -0.4 is 0 Å². The van der Waals surface area contributed by atoms with Crippen LogP contribution in [0.15, 0.2) is 0 Å². The Balaban J connectivity index is 3.49. The molecule has 22 heteroatoms. The molecule has 0 unspecified atom stereocenters. The Kier molecular flexibility index (Phi) is 8.45. The van der Waals surface area contributed by atoms with E-state index in [-0.39, 0.29) is 0 Å². The van der Waals surface area contributed by atoms with E-state index < -0.39 is 78.9 Å². The highest BCUT2D eigenvalue weighted by molar-refractivity contribution is 7.81. The van der Waals surface area contributed by atoms with E-state index in [4.69, 9.17) is 22.9 Å². The zero-order chi connectivity index (χ0) is 22.8. The third-order valence-corrected chi connectivity index (χ3v) is 4.73. The van der Waals surface area contributed by atoms with Gasteiger partial charge in [0.15, 0.2) is 12.4 Å². The Hall–Kier alpha value is -0.600. The lowest BCUT2D eigenvalue weighted by atomic mass is 9.99. The van der Waals surface area contributed by atoms with Gasteiger partial charge in [-0.3, -0.25) is 18.2 Å². The Bertz CT molecular complexity index is 977. The first kappa shape index (κ1) is 26.4. The van der Waals surface area contributed by atoms with Crippen molar-refractivity contribution in [1.29, 1.82) is 0 Å². The molecule has 0 aromatic heterocycles. The van der Waals surface area contributed by atoms with Gasteiger partial charge < -0.3 is 9.47 Å². The summed E-state index contributed by atoms with van der Waals surface area (Å²) in [5.74, 6) is 0. The molecule has 174 valence electrons. The quantitative estimate of drug-likeness (QED) is 0.208. The Morgan fingerprint density at radius 2 is 1.10 bits per heavy atom. The smallest absolute Gasteiger partial charge is 0.353 e. The van der Waals surface area contributed by atoms with Crippen molar-refractivity contribution < 1.29 is 78.1 Å². The van der Waals surface area contributed by atoms with E-state index >= 15 is 0 Å². The normalized spacial score (nSPS) is 29.6. The van der Waals surface area contributed by atoms with Gasteiger partial charge in [-0.1, -0.05) is 0 Å². The van der Waals surface area contributed by atoms with Gasteiger partial charge in [0, 0.05) is 7.11 Å². The molecule has 18 nitrogen and oxygen atoms in total. The van der Waals surface area contributed by atoms with Crippen LogP contribution in [-0.2, 0) is 67.8 Å². The largest absolute Gasteiger partial charge is 0.397 e. The van der Waals surface area contributed by atoms with E-state index in [0.29, 0.717) is 0 Å². The molecule has 0 bridgehead atoms. The maximum atomic E-state index is 11.1. The maximum Gasteiger partial charge on any atom is 0.397 e. The predicted molar refractivity (Wildman–Crippen MR) is 82.4 cm³/mol. The zero-order valence-corrected chi connectivity index (χ0v) is 17.0. The fourth-order valence-electron chi connectivity index (χ4n) is 2.10. The van der Waals surface area contributed by atoms with Crippen molar-refractivity contribution in [2.45, 2.75) is 30.7 Å². The van der Waals surface area contributed by atoms with E-state index in [1.807, 2.05) is 0 Å². The van der Waals surface area contributed by atoms with Crippen molar-refractivity contribution in [3.8, 4) is 0 Å². The van der Waals surface area contributed by atoms with E-state index in [0.717, 1.165) is 7.11 Å². The topological polar surface area (TPSA) is 273 Å². The molecule has 5 atom stereocenters. The van der Waals surface area contributed by atoms with Crippen LogP contribution in [0.5, 0.6) is 0 Å². The second-order valence-corrected chi connectivity index (χ2v) is 9.19. The molecule has 0 radical (unpaired) electrons. The number of methoxy groups -OCH3 is 1. The SMILES string of the molecule is CO[C@H]1O[C@H](COS(=O)(=O)O)[C@H](OS(=O)(=O)O)[C@H](OS(=O)(=O)O)[C@H]1OS(=O)(=O)O. The molecule has 0 amide bonds. The van der Waals surface area contributed by atoms with Crippen molar-refractivity contribution in [3.63, 3.8) is 0 Å². The van der Waals surface area contributed by atoms with Crippen LogP contribution in [0, 0.1) is 0 Å². The first-order valence-corrected chi connectivity index (χ1v) is 12.0. The van der Waals surface area contributed by atoms with E-state index in [1.165, 1.54) is 0 Å². The van der Waals surface area contributed by atoms with Crippen LogP contribution in [-0.4, -0.2) is 96.3 Å². The Morgan fingerprint density at radius 1 is 0.690 bits per heavy atom. The van der Waals surface area contributed by atoms with Gasteiger partial charge in [0.2, 0.25) is 0 Å². The monoisotopic (exact) mass is 514 g/mol. The molecule has 4 N–H and O–H groups in total. The van der Waals surface area contributed by atoms with Crippen LogP contribution in [0.3, 0.4) is 0 Å². The molecular weight excluding hydrogens is 500 g/mol. The fraction of sp³-hybridized carbons (Fsp3) is 1.00. The Labute approximate surface area is 164 Å². The molecule has 0 saturated carbocycles. The van der Waals surface area contributed by atoms with Gasteiger partial charge >= 0.3 is 41.6 Å². The number of rotatable bonds is 10. The molecule has 1 rings (SSSR count). The minimum Gasteiger partial charge on any atom is -0.353 e. The van der Waals surface area contributed by atoms with Crippen molar-refractivity contribution >= 4 is 41.6 Å². The summed E-state index contributed by atoms with van der Waals surface area (Å²) < 4.78 is 149. The van der Waals surface area contributed by atoms with Crippen LogP contribution in [0.1, 0.15) is 0 Å². The average Bonchev–Trinajstić information content (AvgIpc) is 2.44. The zero-order valence-electron chi connectivity index (χ0n) is 13.7. The van der Waals surface area contributed by atoms with Gasteiger partial charge in [0.1, 0.15) is 18.3 Å². The minimum atomic E-state index is -5.53. The van der Waals surface area contributed by atoms with Crippen molar-refractivity contribution in [3.05, 3.63) is 0 Å². The summed E-state index contributed by atoms with van der Waals surface area (Å²) in [5.41, 5.74) is 0. The van der Waals surface area contributed by atoms with Crippen LogP contribution in [0.25, 0.3) is 0 Å². The lowest BCUT2D eigenvalue weighted by Crippen LogP contribution is -2.62. The maximum absolute atomic E-state index is 11.1. The molecule has 0 spiro atoms. The van der Waals surface area contributed by atoms with Crippen LogP contribution in [0.2, 0.25) is 0 Å². The molecule has 1 heterocycles.